The highest BCUT2D eigenvalue weighted by molar-refractivity contribution is 5.92. The molecule has 1 saturated heterocycles. The number of likely N-dealkylation sites (tertiary alicyclic amines) is 1. The Labute approximate surface area is 133 Å². The van der Waals surface area contributed by atoms with Gasteiger partial charge in [-0.15, -0.1) is 0 Å². The summed E-state index contributed by atoms with van der Waals surface area (Å²) in [6.45, 7) is 1.47. The standard InChI is InChI=1S/C17H17N5O/c23-17(15-11-18-6-7-19-15)22-8-3-12(4-9-22)13-10-21-14-2-1-5-20-16(13)14/h1-2,5-7,10-12,21H,3-4,8-9H2. The Morgan fingerprint density at radius 3 is 2.83 bits per heavy atom. The number of piperidine rings is 1. The Kier molecular flexibility index (Phi) is 3.49. The number of fused-ring (bicyclic) bond motifs is 1. The molecule has 116 valence electrons. The number of hydrogen-bond acceptors (Lipinski definition) is 4. The second-order valence-corrected chi connectivity index (χ2v) is 5.80. The summed E-state index contributed by atoms with van der Waals surface area (Å²) >= 11 is 0. The normalized spacial score (nSPS) is 15.9. The van der Waals surface area contributed by atoms with Gasteiger partial charge < -0.3 is 9.88 Å². The van der Waals surface area contributed by atoms with E-state index >= 15 is 0 Å². The number of carbonyl (C=O) groups is 1. The number of aromatic nitrogens is 4. The number of H-pyrrole nitrogens is 1. The molecule has 6 heteroatoms. The third kappa shape index (κ3) is 2.56. The van der Waals surface area contributed by atoms with Crippen LogP contribution in [0.4, 0.5) is 0 Å². The van der Waals surface area contributed by atoms with E-state index in [9.17, 15) is 4.79 Å². The minimum atomic E-state index is -0.0337. The average Bonchev–Trinajstić information content (AvgIpc) is 3.06. The Balaban J connectivity index is 1.48. The summed E-state index contributed by atoms with van der Waals surface area (Å²) in [4.78, 5) is 30.1. The van der Waals surface area contributed by atoms with Gasteiger partial charge in [-0.3, -0.25) is 14.8 Å². The number of carbonyl (C=O) groups excluding carboxylic acids is 1. The zero-order valence-corrected chi connectivity index (χ0v) is 12.6. The Bertz CT molecular complexity index is 821. The quantitative estimate of drug-likeness (QED) is 0.788. The minimum absolute atomic E-state index is 0.0337. The zero-order chi connectivity index (χ0) is 15.6. The minimum Gasteiger partial charge on any atom is -0.360 e. The predicted octanol–water partition coefficient (Wildman–Crippen LogP) is 2.37. The Hall–Kier alpha value is -2.76. The molecule has 1 aliphatic rings. The van der Waals surface area contributed by atoms with Gasteiger partial charge in [0.05, 0.1) is 17.2 Å². The summed E-state index contributed by atoms with van der Waals surface area (Å²) in [5, 5.41) is 0. The summed E-state index contributed by atoms with van der Waals surface area (Å²) in [7, 11) is 0. The molecule has 0 unspecified atom stereocenters. The van der Waals surface area contributed by atoms with Crippen LogP contribution >= 0.6 is 0 Å². The van der Waals surface area contributed by atoms with Gasteiger partial charge >= 0.3 is 0 Å². The zero-order valence-electron chi connectivity index (χ0n) is 12.6. The lowest BCUT2D eigenvalue weighted by Crippen LogP contribution is -2.38. The molecule has 1 aliphatic heterocycles. The van der Waals surface area contributed by atoms with Crippen LogP contribution in [-0.4, -0.2) is 43.8 Å². The summed E-state index contributed by atoms with van der Waals surface area (Å²) in [5.74, 6) is 0.401. The van der Waals surface area contributed by atoms with Crippen LogP contribution in [-0.2, 0) is 0 Å². The van der Waals surface area contributed by atoms with Crippen molar-refractivity contribution in [1.29, 1.82) is 0 Å². The smallest absolute Gasteiger partial charge is 0.274 e. The molecular formula is C17H17N5O. The van der Waals surface area contributed by atoms with Gasteiger partial charge in [-0.05, 0) is 36.5 Å². The molecule has 0 saturated carbocycles. The third-order valence-electron chi connectivity index (χ3n) is 4.47. The summed E-state index contributed by atoms with van der Waals surface area (Å²) in [6, 6.07) is 3.98. The van der Waals surface area contributed by atoms with E-state index in [1.165, 1.54) is 11.8 Å². The number of nitrogens with one attached hydrogen (secondary N) is 1. The predicted molar refractivity (Wildman–Crippen MR) is 86.0 cm³/mol. The van der Waals surface area contributed by atoms with Gasteiger partial charge in [-0.1, -0.05) is 0 Å². The largest absolute Gasteiger partial charge is 0.360 e. The lowest BCUT2D eigenvalue weighted by Gasteiger charge is -2.31. The fourth-order valence-corrected chi connectivity index (χ4v) is 3.25. The molecule has 0 aromatic carbocycles. The fraction of sp³-hybridized carbons (Fsp3) is 0.294. The van der Waals surface area contributed by atoms with E-state index in [2.05, 4.69) is 26.1 Å². The van der Waals surface area contributed by atoms with Crippen molar-refractivity contribution in [2.24, 2.45) is 0 Å². The van der Waals surface area contributed by atoms with E-state index in [1.54, 1.807) is 12.4 Å². The molecule has 4 heterocycles. The lowest BCUT2D eigenvalue weighted by molar-refractivity contribution is 0.0707. The lowest BCUT2D eigenvalue weighted by atomic mass is 9.90. The van der Waals surface area contributed by atoms with Crippen molar-refractivity contribution in [1.82, 2.24) is 24.8 Å². The van der Waals surface area contributed by atoms with Crippen molar-refractivity contribution in [2.75, 3.05) is 13.1 Å². The highest BCUT2D eigenvalue weighted by Crippen LogP contribution is 2.32. The molecule has 0 spiro atoms. The molecule has 3 aromatic heterocycles. The van der Waals surface area contributed by atoms with Gasteiger partial charge in [-0.25, -0.2) is 4.98 Å². The number of amides is 1. The maximum absolute atomic E-state index is 12.4. The van der Waals surface area contributed by atoms with Crippen LogP contribution in [0, 0.1) is 0 Å². The Morgan fingerprint density at radius 1 is 1.17 bits per heavy atom. The van der Waals surface area contributed by atoms with E-state index in [4.69, 9.17) is 0 Å². The number of hydrogen-bond donors (Lipinski definition) is 1. The molecule has 1 N–H and O–H groups in total. The molecule has 0 atom stereocenters. The number of aromatic amines is 1. The highest BCUT2D eigenvalue weighted by Gasteiger charge is 2.26. The third-order valence-corrected chi connectivity index (χ3v) is 4.47. The summed E-state index contributed by atoms with van der Waals surface area (Å²) in [5.41, 5.74) is 3.79. The monoisotopic (exact) mass is 307 g/mol. The first-order valence-electron chi connectivity index (χ1n) is 7.80. The van der Waals surface area contributed by atoms with Crippen LogP contribution in [0.2, 0.25) is 0 Å². The molecule has 23 heavy (non-hydrogen) atoms. The topological polar surface area (TPSA) is 74.8 Å². The summed E-state index contributed by atoms with van der Waals surface area (Å²) in [6.07, 6.45) is 10.4. The number of pyridine rings is 1. The second-order valence-electron chi connectivity index (χ2n) is 5.80. The molecule has 0 aliphatic carbocycles. The van der Waals surface area contributed by atoms with Gasteiger partial charge in [-0.2, -0.15) is 0 Å². The highest BCUT2D eigenvalue weighted by atomic mass is 16.2. The van der Waals surface area contributed by atoms with Gasteiger partial charge in [0.15, 0.2) is 0 Å². The van der Waals surface area contributed by atoms with Crippen LogP contribution in [0.15, 0.2) is 43.1 Å². The number of rotatable bonds is 2. The van der Waals surface area contributed by atoms with Crippen molar-refractivity contribution in [3.63, 3.8) is 0 Å². The number of nitrogens with zero attached hydrogens (tertiary/aromatic N) is 4. The maximum Gasteiger partial charge on any atom is 0.274 e. The van der Waals surface area contributed by atoms with Gasteiger partial charge in [0.1, 0.15) is 5.69 Å². The van der Waals surface area contributed by atoms with E-state index in [0.29, 0.717) is 11.6 Å². The molecular weight excluding hydrogens is 290 g/mol. The molecule has 0 radical (unpaired) electrons. The fourth-order valence-electron chi connectivity index (χ4n) is 3.25. The molecule has 1 fully saturated rings. The molecule has 1 amide bonds. The Morgan fingerprint density at radius 2 is 2.04 bits per heavy atom. The van der Waals surface area contributed by atoms with Gasteiger partial charge in [0, 0.05) is 37.9 Å². The van der Waals surface area contributed by atoms with E-state index < -0.39 is 0 Å². The molecule has 3 aromatic rings. The first-order chi connectivity index (χ1) is 11.3. The van der Waals surface area contributed by atoms with Crippen molar-refractivity contribution in [3.8, 4) is 0 Å². The van der Waals surface area contributed by atoms with Crippen LogP contribution in [0.5, 0.6) is 0 Å². The maximum atomic E-state index is 12.4. The van der Waals surface area contributed by atoms with E-state index in [0.717, 1.165) is 37.0 Å². The SMILES string of the molecule is O=C(c1cnccn1)N1CCC(c2c[nH]c3cccnc23)CC1. The van der Waals surface area contributed by atoms with Crippen LogP contribution < -0.4 is 0 Å². The van der Waals surface area contributed by atoms with Crippen LogP contribution in [0.25, 0.3) is 11.0 Å². The second kappa shape index (κ2) is 5.79. The first kappa shape index (κ1) is 13.9. The molecule has 6 nitrogen and oxygen atoms in total. The molecule has 0 bridgehead atoms. The van der Waals surface area contributed by atoms with Crippen molar-refractivity contribution in [2.45, 2.75) is 18.8 Å². The van der Waals surface area contributed by atoms with E-state index in [-0.39, 0.29) is 5.91 Å². The van der Waals surface area contributed by atoms with Crippen molar-refractivity contribution >= 4 is 16.9 Å². The van der Waals surface area contributed by atoms with Gasteiger partial charge in [0.2, 0.25) is 0 Å². The van der Waals surface area contributed by atoms with Crippen molar-refractivity contribution in [3.05, 3.63) is 54.4 Å². The van der Waals surface area contributed by atoms with E-state index in [1.807, 2.05) is 23.2 Å². The van der Waals surface area contributed by atoms with Crippen LogP contribution in [0.1, 0.15) is 34.8 Å². The average molecular weight is 307 g/mol. The molecule has 4 rings (SSSR count). The van der Waals surface area contributed by atoms with Gasteiger partial charge in [0.25, 0.3) is 5.91 Å². The summed E-state index contributed by atoms with van der Waals surface area (Å²) < 4.78 is 0. The van der Waals surface area contributed by atoms with Crippen molar-refractivity contribution < 1.29 is 4.79 Å². The first-order valence-corrected chi connectivity index (χ1v) is 7.80. The van der Waals surface area contributed by atoms with Crippen LogP contribution in [0.3, 0.4) is 0 Å².